The standard InChI is InChI=1S/C20H23FN4O/c1-5-10-22-18(26)11-17-12(2)23-20-19(13(3)24-25(20)14(17)4)15-6-8-16(21)9-7-15/h6-9H,5,10-11H2,1-4H3,(H,22,26). The highest BCUT2D eigenvalue weighted by Gasteiger charge is 2.19. The van der Waals surface area contributed by atoms with Gasteiger partial charge < -0.3 is 5.32 Å². The van der Waals surface area contributed by atoms with Crippen molar-refractivity contribution in [2.24, 2.45) is 0 Å². The monoisotopic (exact) mass is 354 g/mol. The Balaban J connectivity index is 2.08. The van der Waals surface area contributed by atoms with Gasteiger partial charge in [0.05, 0.1) is 12.1 Å². The molecule has 6 heteroatoms. The van der Waals surface area contributed by atoms with E-state index in [-0.39, 0.29) is 18.1 Å². The normalized spacial score (nSPS) is 11.1. The smallest absolute Gasteiger partial charge is 0.224 e. The van der Waals surface area contributed by atoms with Gasteiger partial charge in [0, 0.05) is 29.1 Å². The number of halogens is 1. The SMILES string of the molecule is CCCNC(=O)Cc1c(C)nc2c(-c3ccc(F)cc3)c(C)nn2c1C. The Bertz CT molecular complexity index is 960. The zero-order valence-corrected chi connectivity index (χ0v) is 15.6. The summed E-state index contributed by atoms with van der Waals surface area (Å²) in [6.45, 7) is 8.46. The number of aryl methyl sites for hydroxylation is 3. The molecule has 0 aliphatic heterocycles. The van der Waals surface area contributed by atoms with Crippen LogP contribution in [0.5, 0.6) is 0 Å². The molecular weight excluding hydrogens is 331 g/mol. The summed E-state index contributed by atoms with van der Waals surface area (Å²) < 4.78 is 15.0. The minimum absolute atomic E-state index is 0.0122. The molecule has 5 nitrogen and oxygen atoms in total. The van der Waals surface area contributed by atoms with Crippen LogP contribution in [0.15, 0.2) is 24.3 Å². The van der Waals surface area contributed by atoms with Crippen molar-refractivity contribution in [1.29, 1.82) is 0 Å². The summed E-state index contributed by atoms with van der Waals surface area (Å²) in [5.41, 5.74) is 5.90. The number of benzene rings is 1. The molecule has 2 heterocycles. The number of hydrogen-bond donors (Lipinski definition) is 1. The summed E-state index contributed by atoms with van der Waals surface area (Å²) in [7, 11) is 0. The molecule has 0 saturated carbocycles. The van der Waals surface area contributed by atoms with Crippen LogP contribution < -0.4 is 5.32 Å². The van der Waals surface area contributed by atoms with Crippen LogP contribution >= 0.6 is 0 Å². The van der Waals surface area contributed by atoms with Gasteiger partial charge >= 0.3 is 0 Å². The van der Waals surface area contributed by atoms with E-state index in [2.05, 4.69) is 10.4 Å². The molecule has 1 aromatic carbocycles. The second-order valence-corrected chi connectivity index (χ2v) is 6.49. The second-order valence-electron chi connectivity index (χ2n) is 6.49. The van der Waals surface area contributed by atoms with E-state index in [1.54, 1.807) is 16.6 Å². The van der Waals surface area contributed by atoms with Crippen molar-refractivity contribution in [2.75, 3.05) is 6.54 Å². The van der Waals surface area contributed by atoms with Gasteiger partial charge in [0.15, 0.2) is 5.65 Å². The van der Waals surface area contributed by atoms with Crippen LogP contribution in [0, 0.1) is 26.6 Å². The van der Waals surface area contributed by atoms with Gasteiger partial charge in [-0.2, -0.15) is 5.10 Å². The zero-order chi connectivity index (χ0) is 18.8. The first kappa shape index (κ1) is 18.0. The molecule has 1 N–H and O–H groups in total. The van der Waals surface area contributed by atoms with Gasteiger partial charge in [-0.05, 0) is 44.9 Å². The molecule has 0 spiro atoms. The maximum absolute atomic E-state index is 13.3. The van der Waals surface area contributed by atoms with Crippen molar-refractivity contribution in [1.82, 2.24) is 19.9 Å². The molecule has 0 saturated heterocycles. The predicted octanol–water partition coefficient (Wildman–Crippen LogP) is 3.53. The molecule has 0 fully saturated rings. The number of rotatable bonds is 5. The molecule has 3 rings (SSSR count). The number of amides is 1. The lowest BCUT2D eigenvalue weighted by Gasteiger charge is -2.11. The molecule has 0 unspecified atom stereocenters. The van der Waals surface area contributed by atoms with Crippen molar-refractivity contribution in [3.8, 4) is 11.1 Å². The van der Waals surface area contributed by atoms with E-state index in [1.807, 2.05) is 27.7 Å². The highest BCUT2D eigenvalue weighted by Crippen LogP contribution is 2.29. The molecule has 0 bridgehead atoms. The number of nitrogens with zero attached hydrogens (tertiary/aromatic N) is 3. The summed E-state index contributed by atoms with van der Waals surface area (Å²) in [5, 5.41) is 7.51. The number of aromatic nitrogens is 3. The molecule has 0 aliphatic carbocycles. The first-order valence-electron chi connectivity index (χ1n) is 8.80. The van der Waals surface area contributed by atoms with E-state index in [0.29, 0.717) is 6.54 Å². The molecule has 136 valence electrons. The molecule has 1 amide bonds. The maximum atomic E-state index is 13.3. The third-order valence-electron chi connectivity index (χ3n) is 4.54. The largest absolute Gasteiger partial charge is 0.356 e. The maximum Gasteiger partial charge on any atom is 0.224 e. The van der Waals surface area contributed by atoms with Crippen LogP contribution in [0.4, 0.5) is 4.39 Å². The molecular formula is C20H23FN4O. The molecule has 3 aromatic rings. The molecule has 0 atom stereocenters. The molecule has 2 aromatic heterocycles. The van der Waals surface area contributed by atoms with Crippen LogP contribution in [-0.4, -0.2) is 27.0 Å². The van der Waals surface area contributed by atoms with Gasteiger partial charge in [-0.15, -0.1) is 0 Å². The van der Waals surface area contributed by atoms with E-state index in [1.165, 1.54) is 12.1 Å². The Labute approximate surface area is 152 Å². The van der Waals surface area contributed by atoms with Gasteiger partial charge in [0.25, 0.3) is 0 Å². The average molecular weight is 354 g/mol. The number of carbonyl (C=O) groups excluding carboxylic acids is 1. The van der Waals surface area contributed by atoms with Crippen molar-refractivity contribution >= 4 is 11.6 Å². The zero-order valence-electron chi connectivity index (χ0n) is 15.6. The highest BCUT2D eigenvalue weighted by atomic mass is 19.1. The van der Waals surface area contributed by atoms with Crippen molar-refractivity contribution in [3.05, 3.63) is 52.7 Å². The Morgan fingerprint density at radius 1 is 1.15 bits per heavy atom. The van der Waals surface area contributed by atoms with E-state index >= 15 is 0 Å². The van der Waals surface area contributed by atoms with E-state index in [4.69, 9.17) is 4.98 Å². The Hall–Kier alpha value is -2.76. The average Bonchev–Trinajstić information content (AvgIpc) is 2.94. The third kappa shape index (κ3) is 3.31. The van der Waals surface area contributed by atoms with E-state index in [9.17, 15) is 9.18 Å². The van der Waals surface area contributed by atoms with Crippen LogP contribution in [0.2, 0.25) is 0 Å². The second kappa shape index (κ2) is 7.23. The summed E-state index contributed by atoms with van der Waals surface area (Å²) in [4.78, 5) is 16.8. The van der Waals surface area contributed by atoms with Crippen LogP contribution in [0.25, 0.3) is 16.8 Å². The number of nitrogens with one attached hydrogen (secondary N) is 1. The van der Waals surface area contributed by atoms with Crippen molar-refractivity contribution < 1.29 is 9.18 Å². The highest BCUT2D eigenvalue weighted by molar-refractivity contribution is 5.82. The fraction of sp³-hybridized carbons (Fsp3) is 0.350. The van der Waals surface area contributed by atoms with Crippen LogP contribution in [0.3, 0.4) is 0 Å². The fourth-order valence-electron chi connectivity index (χ4n) is 3.17. The Morgan fingerprint density at radius 3 is 2.50 bits per heavy atom. The minimum atomic E-state index is -0.274. The first-order chi connectivity index (χ1) is 12.4. The third-order valence-corrected chi connectivity index (χ3v) is 4.54. The first-order valence-corrected chi connectivity index (χ1v) is 8.80. The van der Waals surface area contributed by atoms with Gasteiger partial charge in [-0.3, -0.25) is 4.79 Å². The summed E-state index contributed by atoms with van der Waals surface area (Å²) in [5.74, 6) is -0.287. The Kier molecular flexibility index (Phi) is 5.02. The lowest BCUT2D eigenvalue weighted by Crippen LogP contribution is -2.26. The lowest BCUT2D eigenvalue weighted by atomic mass is 10.0. The van der Waals surface area contributed by atoms with E-state index < -0.39 is 0 Å². The van der Waals surface area contributed by atoms with Crippen LogP contribution in [-0.2, 0) is 11.2 Å². The van der Waals surface area contributed by atoms with Gasteiger partial charge in [0.2, 0.25) is 5.91 Å². The van der Waals surface area contributed by atoms with Crippen molar-refractivity contribution in [3.63, 3.8) is 0 Å². The number of hydrogen-bond acceptors (Lipinski definition) is 3. The fourth-order valence-corrected chi connectivity index (χ4v) is 3.17. The lowest BCUT2D eigenvalue weighted by molar-refractivity contribution is -0.120. The molecule has 26 heavy (non-hydrogen) atoms. The van der Waals surface area contributed by atoms with Gasteiger partial charge in [0.1, 0.15) is 5.82 Å². The van der Waals surface area contributed by atoms with Crippen molar-refractivity contribution in [2.45, 2.75) is 40.5 Å². The predicted molar refractivity (Wildman–Crippen MR) is 99.6 cm³/mol. The Morgan fingerprint density at radius 2 is 1.85 bits per heavy atom. The van der Waals surface area contributed by atoms with Gasteiger partial charge in [-0.25, -0.2) is 13.9 Å². The quantitative estimate of drug-likeness (QED) is 0.762. The van der Waals surface area contributed by atoms with Gasteiger partial charge in [-0.1, -0.05) is 19.1 Å². The molecule has 0 radical (unpaired) electrons. The summed E-state index contributed by atoms with van der Waals surface area (Å²) in [6.07, 6.45) is 1.19. The minimum Gasteiger partial charge on any atom is -0.356 e. The number of fused-ring (bicyclic) bond motifs is 1. The molecule has 0 aliphatic rings. The van der Waals surface area contributed by atoms with Crippen LogP contribution in [0.1, 0.15) is 36.0 Å². The summed E-state index contributed by atoms with van der Waals surface area (Å²) in [6, 6.07) is 6.34. The number of carbonyl (C=O) groups is 1. The summed E-state index contributed by atoms with van der Waals surface area (Å²) >= 11 is 0. The van der Waals surface area contributed by atoms with E-state index in [0.717, 1.165) is 45.8 Å². The topological polar surface area (TPSA) is 59.3 Å².